The van der Waals surface area contributed by atoms with Crippen LogP contribution in [0.1, 0.15) is 17.5 Å². The third-order valence-corrected chi connectivity index (χ3v) is 6.97. The smallest absolute Gasteiger partial charge is 0.324 e. The van der Waals surface area contributed by atoms with Crippen LogP contribution in [0.15, 0.2) is 42.5 Å². The van der Waals surface area contributed by atoms with Crippen LogP contribution in [0.25, 0.3) is 5.69 Å². The average Bonchev–Trinajstić information content (AvgIpc) is 3.21. The third-order valence-electron chi connectivity index (χ3n) is 6.25. The van der Waals surface area contributed by atoms with Crippen molar-refractivity contribution in [2.45, 2.75) is 25.9 Å². The van der Waals surface area contributed by atoms with E-state index in [1.807, 2.05) is 37.3 Å². The first kappa shape index (κ1) is 28.2. The Morgan fingerprint density at radius 1 is 1.18 bits per heavy atom. The molecule has 0 bridgehead atoms. The quantitative estimate of drug-likeness (QED) is 0.321. The second-order valence-electron chi connectivity index (χ2n) is 9.19. The van der Waals surface area contributed by atoms with Gasteiger partial charge in [-0.05, 0) is 56.6 Å². The molecule has 1 saturated heterocycles. The Morgan fingerprint density at radius 3 is 2.68 bits per heavy atom. The number of likely N-dealkylation sites (N-methyl/N-ethyl adjacent to an activating group) is 1. The second kappa shape index (κ2) is 13.3. The first-order valence-electron chi connectivity index (χ1n) is 12.5. The van der Waals surface area contributed by atoms with Crippen molar-refractivity contribution in [1.29, 1.82) is 0 Å². The lowest BCUT2D eigenvalue weighted by Crippen LogP contribution is -2.42. The van der Waals surface area contributed by atoms with Gasteiger partial charge < -0.3 is 24.4 Å². The fourth-order valence-electron chi connectivity index (χ4n) is 4.23. The number of benzene rings is 2. The van der Waals surface area contributed by atoms with E-state index < -0.39 is 6.03 Å². The van der Waals surface area contributed by atoms with Crippen LogP contribution in [0.4, 0.5) is 16.3 Å². The number of carbonyl (C=O) groups is 1. The van der Waals surface area contributed by atoms with E-state index in [4.69, 9.17) is 37.4 Å². The lowest BCUT2D eigenvalue weighted by molar-refractivity contribution is -0.0411. The largest absolute Gasteiger partial charge is 0.474 e. The highest BCUT2D eigenvalue weighted by molar-refractivity contribution is 6.42. The number of para-hydroxylation sites is 1. The highest BCUT2D eigenvalue weighted by atomic mass is 35.5. The van der Waals surface area contributed by atoms with Crippen molar-refractivity contribution in [2.24, 2.45) is 0 Å². The van der Waals surface area contributed by atoms with Gasteiger partial charge in [0.15, 0.2) is 0 Å². The molecule has 3 aromatic rings. The van der Waals surface area contributed by atoms with Crippen molar-refractivity contribution >= 4 is 40.7 Å². The number of carbonyl (C=O) groups excluding carboxylic acids is 1. The summed E-state index contributed by atoms with van der Waals surface area (Å²) in [5.74, 6) is 0.919. The maximum Gasteiger partial charge on any atom is 0.324 e. The number of aromatic nitrogens is 2. The number of morpholine rings is 1. The molecular weight excluding hydrogens is 529 g/mol. The summed E-state index contributed by atoms with van der Waals surface area (Å²) in [5, 5.41) is 11.3. The Morgan fingerprint density at radius 2 is 1.95 bits per heavy atom. The van der Waals surface area contributed by atoms with Crippen LogP contribution in [0.3, 0.4) is 0 Å². The lowest BCUT2D eigenvalue weighted by Gasteiger charge is -2.29. The Balaban J connectivity index is 1.55. The van der Waals surface area contributed by atoms with Crippen molar-refractivity contribution < 1.29 is 19.0 Å². The number of hydrogen-bond acceptors (Lipinski definition) is 6. The van der Waals surface area contributed by atoms with Crippen LogP contribution < -0.4 is 15.4 Å². The molecule has 0 spiro atoms. The summed E-state index contributed by atoms with van der Waals surface area (Å²) in [6, 6.07) is 12.5. The molecule has 204 valence electrons. The van der Waals surface area contributed by atoms with Gasteiger partial charge in [0.05, 0.1) is 27.9 Å². The van der Waals surface area contributed by atoms with E-state index in [0.717, 1.165) is 30.8 Å². The summed E-state index contributed by atoms with van der Waals surface area (Å²) >= 11 is 12.5. The van der Waals surface area contributed by atoms with Crippen LogP contribution in [-0.4, -0.2) is 73.9 Å². The molecule has 4 rings (SSSR count). The number of rotatable bonds is 10. The van der Waals surface area contributed by atoms with Crippen LogP contribution >= 0.6 is 23.2 Å². The van der Waals surface area contributed by atoms with Crippen molar-refractivity contribution in [1.82, 2.24) is 14.7 Å². The van der Waals surface area contributed by atoms with Crippen LogP contribution in [0, 0.1) is 6.92 Å². The molecule has 1 atom stereocenters. The van der Waals surface area contributed by atoms with Crippen LogP contribution in [0.5, 0.6) is 5.88 Å². The van der Waals surface area contributed by atoms with Gasteiger partial charge >= 0.3 is 6.03 Å². The first-order valence-corrected chi connectivity index (χ1v) is 13.2. The number of halogens is 2. The van der Waals surface area contributed by atoms with Crippen molar-refractivity contribution in [2.75, 3.05) is 57.7 Å². The van der Waals surface area contributed by atoms with E-state index in [9.17, 15) is 4.79 Å². The van der Waals surface area contributed by atoms with Crippen molar-refractivity contribution in [3.05, 3.63) is 63.6 Å². The molecule has 1 aliphatic heterocycles. The zero-order valence-corrected chi connectivity index (χ0v) is 23.3. The molecule has 1 aromatic heterocycles. The minimum absolute atomic E-state index is 0.0547. The summed E-state index contributed by atoms with van der Waals surface area (Å²) in [6.07, 6.45) is 1.38. The average molecular weight is 562 g/mol. The van der Waals surface area contributed by atoms with E-state index in [1.165, 1.54) is 0 Å². The van der Waals surface area contributed by atoms with Crippen LogP contribution in [0.2, 0.25) is 10.0 Å². The molecular formula is C27H33Cl2N5O4. The van der Waals surface area contributed by atoms with E-state index >= 15 is 0 Å². The predicted molar refractivity (Wildman–Crippen MR) is 150 cm³/mol. The Bertz CT molecular complexity index is 1240. The fraction of sp³-hybridized carbons (Fsp3) is 0.407. The van der Waals surface area contributed by atoms with Gasteiger partial charge in [0.1, 0.15) is 18.5 Å². The molecule has 38 heavy (non-hydrogen) atoms. The van der Waals surface area contributed by atoms with E-state index in [0.29, 0.717) is 59.2 Å². The summed E-state index contributed by atoms with van der Waals surface area (Å²) in [6.45, 7) is 5.15. The van der Waals surface area contributed by atoms with E-state index in [2.05, 4.69) is 27.7 Å². The minimum Gasteiger partial charge on any atom is -0.474 e. The summed E-state index contributed by atoms with van der Waals surface area (Å²) < 4.78 is 18.7. The Hall–Kier alpha value is -2.82. The summed E-state index contributed by atoms with van der Waals surface area (Å²) in [5.41, 5.74) is 2.92. The number of methoxy groups -OCH3 is 1. The van der Waals surface area contributed by atoms with Gasteiger partial charge in [0, 0.05) is 32.5 Å². The molecule has 1 unspecified atom stereocenters. The van der Waals surface area contributed by atoms with Crippen LogP contribution in [-0.2, 0) is 15.9 Å². The molecule has 11 heteroatoms. The monoisotopic (exact) mass is 561 g/mol. The number of aryl methyl sites for hydroxylation is 1. The number of nitrogens with zero attached hydrogens (tertiary/aromatic N) is 3. The Labute approximate surface area is 232 Å². The molecule has 1 fully saturated rings. The van der Waals surface area contributed by atoms with Gasteiger partial charge in [-0.3, -0.25) is 5.32 Å². The third kappa shape index (κ3) is 7.18. The predicted octanol–water partition coefficient (Wildman–Crippen LogP) is 5.42. The topological polar surface area (TPSA) is 89.9 Å². The van der Waals surface area contributed by atoms with E-state index in [1.54, 1.807) is 23.9 Å². The second-order valence-corrected chi connectivity index (χ2v) is 10.0. The number of hydrogen-bond donors (Lipinski definition) is 2. The van der Waals surface area contributed by atoms with E-state index in [-0.39, 0.29) is 6.10 Å². The molecule has 2 N–H and O–H groups in total. The number of nitrogens with one attached hydrogen (secondary N) is 2. The number of anilines is 2. The van der Waals surface area contributed by atoms with Gasteiger partial charge in [0.25, 0.3) is 0 Å². The minimum atomic E-state index is -0.444. The first-order chi connectivity index (χ1) is 18.4. The highest BCUT2D eigenvalue weighted by Gasteiger charge is 2.23. The van der Waals surface area contributed by atoms with Gasteiger partial charge in [-0.2, -0.15) is 0 Å². The van der Waals surface area contributed by atoms with Gasteiger partial charge in [-0.25, -0.2) is 9.48 Å². The fourth-order valence-corrected chi connectivity index (χ4v) is 4.58. The number of urea groups is 1. The van der Waals surface area contributed by atoms with Crippen molar-refractivity contribution in [3.8, 4) is 11.6 Å². The molecule has 2 aromatic carbocycles. The number of ether oxygens (including phenoxy) is 3. The number of amides is 2. The summed E-state index contributed by atoms with van der Waals surface area (Å²) in [7, 11) is 3.71. The van der Waals surface area contributed by atoms with Crippen molar-refractivity contribution in [3.63, 3.8) is 0 Å². The van der Waals surface area contributed by atoms with Gasteiger partial charge in [-0.15, -0.1) is 5.10 Å². The highest BCUT2D eigenvalue weighted by Crippen LogP contribution is 2.32. The molecule has 0 saturated carbocycles. The normalized spacial score (nSPS) is 15.9. The molecule has 2 heterocycles. The molecule has 0 aliphatic carbocycles. The van der Waals surface area contributed by atoms with Gasteiger partial charge in [-0.1, -0.05) is 41.4 Å². The molecule has 1 aliphatic rings. The SMILES string of the molecule is COCCCc1cc(Cl)c(Cl)cc1NC(=O)Nc1c(C)c(OCC2CN(C)CCO2)nn1-c1ccccc1. The maximum atomic E-state index is 13.2. The Kier molecular flexibility index (Phi) is 9.87. The summed E-state index contributed by atoms with van der Waals surface area (Å²) in [4.78, 5) is 15.4. The lowest BCUT2D eigenvalue weighted by atomic mass is 10.1. The zero-order chi connectivity index (χ0) is 27.1. The molecule has 9 nitrogen and oxygen atoms in total. The van der Waals surface area contributed by atoms with Gasteiger partial charge in [0.2, 0.25) is 5.88 Å². The molecule has 0 radical (unpaired) electrons. The maximum absolute atomic E-state index is 13.2. The standard InChI is InChI=1S/C27H33Cl2N5O4/c1-18-25(31-27(35)30-24-15-23(29)22(28)14-19(24)8-7-12-36-3)34(20-9-5-4-6-10-20)32-26(18)38-17-21-16-33(2)11-13-37-21/h4-6,9-10,14-15,21H,7-8,11-13,16-17H2,1-3H3,(H2,30,31,35). The molecule has 2 amide bonds. The zero-order valence-electron chi connectivity index (χ0n) is 21.8.